The maximum atomic E-state index is 12.8. The van der Waals surface area contributed by atoms with E-state index < -0.39 is 0 Å². The van der Waals surface area contributed by atoms with Crippen LogP contribution in [0.2, 0.25) is 0 Å². The van der Waals surface area contributed by atoms with Gasteiger partial charge in [0.05, 0.1) is 17.5 Å². The molecule has 2 aliphatic heterocycles. The molecule has 25 heavy (non-hydrogen) atoms. The minimum absolute atomic E-state index is 0.0536. The summed E-state index contributed by atoms with van der Waals surface area (Å²) in [5, 5.41) is 8.72. The first-order valence-electron chi connectivity index (χ1n) is 8.61. The Hall–Kier alpha value is -2.09. The van der Waals surface area contributed by atoms with Crippen LogP contribution < -0.4 is 4.74 Å². The summed E-state index contributed by atoms with van der Waals surface area (Å²) >= 11 is 1.78. The van der Waals surface area contributed by atoms with Crippen molar-refractivity contribution >= 4 is 17.7 Å². The summed E-state index contributed by atoms with van der Waals surface area (Å²) in [6, 6.07) is 3.64. The second-order valence-corrected chi connectivity index (χ2v) is 7.62. The van der Waals surface area contributed by atoms with E-state index in [0.29, 0.717) is 25.4 Å². The van der Waals surface area contributed by atoms with Crippen molar-refractivity contribution in [2.75, 3.05) is 12.3 Å². The number of hydrogen-bond donors (Lipinski definition) is 0. The van der Waals surface area contributed by atoms with E-state index in [1.54, 1.807) is 24.2 Å². The van der Waals surface area contributed by atoms with E-state index in [9.17, 15) is 4.79 Å². The molecule has 2 aromatic heterocycles. The number of hydrogen-bond acceptors (Lipinski definition) is 6. The second kappa shape index (κ2) is 7.03. The molecule has 0 spiro atoms. The van der Waals surface area contributed by atoms with Gasteiger partial charge in [0.15, 0.2) is 11.6 Å². The van der Waals surface area contributed by atoms with Crippen molar-refractivity contribution in [1.29, 1.82) is 0 Å². The van der Waals surface area contributed by atoms with Gasteiger partial charge in [-0.05, 0) is 37.7 Å². The fraction of sp³-hybridized carbons (Fsp3) is 0.529. The first kappa shape index (κ1) is 16.4. The Labute approximate surface area is 150 Å². The maximum Gasteiger partial charge on any atom is 0.236 e. The number of ether oxygens (including phenoxy) is 1. The van der Waals surface area contributed by atoms with Crippen LogP contribution >= 0.6 is 11.8 Å². The highest BCUT2D eigenvalue weighted by atomic mass is 32.2. The molecule has 0 radical (unpaired) electrons. The van der Waals surface area contributed by atoms with Crippen LogP contribution in [-0.4, -0.2) is 48.1 Å². The summed E-state index contributed by atoms with van der Waals surface area (Å²) in [5.74, 6) is 3.67. The number of nitrogens with zero attached hydrogens (tertiary/aromatic N) is 5. The number of aromatic nitrogens is 4. The molecular weight excluding hydrogens is 338 g/mol. The lowest BCUT2D eigenvalue weighted by Gasteiger charge is -2.35. The molecule has 132 valence electrons. The lowest BCUT2D eigenvalue weighted by molar-refractivity contribution is -0.134. The average molecular weight is 359 g/mol. The van der Waals surface area contributed by atoms with Crippen molar-refractivity contribution in [3.05, 3.63) is 36.2 Å². The van der Waals surface area contributed by atoms with Crippen molar-refractivity contribution in [3.63, 3.8) is 0 Å². The third-order valence-electron chi connectivity index (χ3n) is 4.75. The van der Waals surface area contributed by atoms with E-state index in [4.69, 9.17) is 4.74 Å². The highest BCUT2D eigenvalue weighted by molar-refractivity contribution is 8.00. The fourth-order valence-corrected chi connectivity index (χ4v) is 4.62. The highest BCUT2D eigenvalue weighted by Crippen LogP contribution is 2.32. The number of carbonyl (C=O) groups is 1. The zero-order valence-electron chi connectivity index (χ0n) is 14.2. The van der Waals surface area contributed by atoms with E-state index in [1.807, 2.05) is 24.0 Å². The molecule has 7 nitrogen and oxygen atoms in total. The van der Waals surface area contributed by atoms with E-state index in [2.05, 4.69) is 19.7 Å². The van der Waals surface area contributed by atoms with Gasteiger partial charge in [-0.25, -0.2) is 0 Å². The van der Waals surface area contributed by atoms with Crippen LogP contribution in [0.4, 0.5) is 0 Å². The number of thioether (sulfide) groups is 1. The van der Waals surface area contributed by atoms with Crippen LogP contribution in [0.3, 0.4) is 0 Å². The van der Waals surface area contributed by atoms with Gasteiger partial charge in [-0.3, -0.25) is 9.78 Å². The number of pyridine rings is 1. The summed E-state index contributed by atoms with van der Waals surface area (Å²) in [7, 11) is 0. The van der Waals surface area contributed by atoms with Crippen molar-refractivity contribution < 1.29 is 9.53 Å². The Bertz CT molecular complexity index is 745. The summed E-state index contributed by atoms with van der Waals surface area (Å²) < 4.78 is 7.81. The lowest BCUT2D eigenvalue weighted by Crippen LogP contribution is -2.44. The molecule has 2 atom stereocenters. The Morgan fingerprint density at radius 1 is 1.40 bits per heavy atom. The second-order valence-electron chi connectivity index (χ2n) is 6.31. The SMILES string of the molecule is C[C@H]1c2nnc(COc3cccnc3)n2CCN1C(=O)[C@@H]1CCCS1. The van der Waals surface area contributed by atoms with Crippen LogP contribution in [0.25, 0.3) is 0 Å². The fourth-order valence-electron chi connectivity index (χ4n) is 3.39. The number of fused-ring (bicyclic) bond motifs is 1. The summed E-state index contributed by atoms with van der Waals surface area (Å²) in [6.45, 7) is 3.78. The Kier molecular flexibility index (Phi) is 4.61. The summed E-state index contributed by atoms with van der Waals surface area (Å²) in [6.07, 6.45) is 5.51. The van der Waals surface area contributed by atoms with Crippen LogP contribution in [-0.2, 0) is 17.9 Å². The molecular formula is C17H21N5O2S. The molecule has 0 unspecified atom stereocenters. The molecule has 0 N–H and O–H groups in total. The quantitative estimate of drug-likeness (QED) is 0.832. The zero-order chi connectivity index (χ0) is 17.2. The largest absolute Gasteiger partial charge is 0.484 e. The van der Waals surface area contributed by atoms with Crippen LogP contribution in [0.5, 0.6) is 5.75 Å². The van der Waals surface area contributed by atoms with Gasteiger partial charge in [-0.2, -0.15) is 0 Å². The van der Waals surface area contributed by atoms with Gasteiger partial charge in [-0.15, -0.1) is 22.0 Å². The van der Waals surface area contributed by atoms with E-state index in [0.717, 1.165) is 30.2 Å². The third kappa shape index (κ3) is 3.22. The van der Waals surface area contributed by atoms with Gasteiger partial charge in [-0.1, -0.05) is 0 Å². The summed E-state index contributed by atoms with van der Waals surface area (Å²) in [4.78, 5) is 18.7. The Morgan fingerprint density at radius 3 is 3.08 bits per heavy atom. The molecule has 0 aromatic carbocycles. The molecule has 2 aliphatic rings. The number of amides is 1. The lowest BCUT2D eigenvalue weighted by atomic mass is 10.1. The standard InChI is InChI=1S/C17H21N5O2S/c1-12-16-20-19-15(11-24-13-4-2-6-18-10-13)22(16)8-7-21(12)17(23)14-5-3-9-25-14/h2,4,6,10,12,14H,3,5,7-9,11H2,1H3/t12-,14-/m0/s1. The van der Waals surface area contributed by atoms with E-state index in [1.165, 1.54) is 0 Å². The number of rotatable bonds is 4. The molecule has 0 bridgehead atoms. The molecule has 1 amide bonds. The predicted molar refractivity (Wildman–Crippen MR) is 94.2 cm³/mol. The van der Waals surface area contributed by atoms with Gasteiger partial charge in [0.1, 0.15) is 12.4 Å². The normalized spacial score (nSPS) is 22.7. The first-order valence-corrected chi connectivity index (χ1v) is 9.66. The van der Waals surface area contributed by atoms with E-state index >= 15 is 0 Å². The third-order valence-corrected chi connectivity index (χ3v) is 6.12. The van der Waals surface area contributed by atoms with Gasteiger partial charge in [0.2, 0.25) is 5.91 Å². The molecule has 4 heterocycles. The monoisotopic (exact) mass is 359 g/mol. The van der Waals surface area contributed by atoms with Crippen molar-refractivity contribution in [2.45, 2.75) is 44.2 Å². The zero-order valence-corrected chi connectivity index (χ0v) is 15.0. The predicted octanol–water partition coefficient (Wildman–Crippen LogP) is 2.05. The minimum atomic E-state index is -0.0536. The molecule has 1 fully saturated rings. The Balaban J connectivity index is 1.46. The van der Waals surface area contributed by atoms with Crippen molar-refractivity contribution in [1.82, 2.24) is 24.6 Å². The summed E-state index contributed by atoms with van der Waals surface area (Å²) in [5.41, 5.74) is 0. The first-order chi connectivity index (χ1) is 12.2. The van der Waals surface area contributed by atoms with Gasteiger partial charge in [0, 0.05) is 19.3 Å². The van der Waals surface area contributed by atoms with Crippen LogP contribution in [0.15, 0.2) is 24.5 Å². The van der Waals surface area contributed by atoms with Gasteiger partial charge in [0.25, 0.3) is 0 Å². The van der Waals surface area contributed by atoms with Crippen LogP contribution in [0, 0.1) is 0 Å². The molecule has 2 aromatic rings. The molecule has 1 saturated heterocycles. The van der Waals surface area contributed by atoms with Crippen LogP contribution in [0.1, 0.15) is 37.5 Å². The van der Waals surface area contributed by atoms with Crippen molar-refractivity contribution in [3.8, 4) is 5.75 Å². The number of carbonyl (C=O) groups excluding carboxylic acids is 1. The minimum Gasteiger partial charge on any atom is -0.484 e. The van der Waals surface area contributed by atoms with Crippen molar-refractivity contribution in [2.24, 2.45) is 0 Å². The highest BCUT2D eigenvalue weighted by Gasteiger charge is 2.35. The molecule has 8 heteroatoms. The molecule has 4 rings (SSSR count). The molecule has 0 aliphatic carbocycles. The smallest absolute Gasteiger partial charge is 0.236 e. The maximum absolute atomic E-state index is 12.8. The Morgan fingerprint density at radius 2 is 2.32 bits per heavy atom. The average Bonchev–Trinajstić information content (AvgIpc) is 3.31. The van der Waals surface area contributed by atoms with E-state index in [-0.39, 0.29) is 17.2 Å². The van der Waals surface area contributed by atoms with Gasteiger partial charge < -0.3 is 14.2 Å². The topological polar surface area (TPSA) is 73.1 Å². The molecule has 0 saturated carbocycles. The van der Waals surface area contributed by atoms with Gasteiger partial charge >= 0.3 is 0 Å².